The van der Waals surface area contributed by atoms with E-state index in [9.17, 15) is 4.79 Å². The fourth-order valence-electron chi connectivity index (χ4n) is 2.65. The first-order valence-electron chi connectivity index (χ1n) is 8.30. The first-order valence-corrected chi connectivity index (χ1v) is 8.68. The quantitative estimate of drug-likeness (QED) is 0.667. The summed E-state index contributed by atoms with van der Waals surface area (Å²) in [5.41, 5.74) is 2.56. The lowest BCUT2D eigenvalue weighted by molar-refractivity contribution is -0.117. The van der Waals surface area contributed by atoms with Crippen LogP contribution in [0.4, 0.5) is 5.69 Å². The van der Waals surface area contributed by atoms with E-state index < -0.39 is 0 Å². The maximum Gasteiger partial charge on any atom is 0.238 e. The van der Waals surface area contributed by atoms with Crippen LogP contribution in [0, 0.1) is 0 Å². The van der Waals surface area contributed by atoms with E-state index in [1.807, 2.05) is 54.4 Å². The average Bonchev–Trinajstić information content (AvgIpc) is 3.02. The lowest BCUT2D eigenvalue weighted by atomic mass is 10.3. The second kappa shape index (κ2) is 8.21. The fourth-order valence-corrected chi connectivity index (χ4v) is 2.82. The van der Waals surface area contributed by atoms with Crippen molar-refractivity contribution in [2.24, 2.45) is 0 Å². The zero-order valence-corrected chi connectivity index (χ0v) is 15.5. The van der Waals surface area contributed by atoms with Gasteiger partial charge in [-0.05, 0) is 49.5 Å². The van der Waals surface area contributed by atoms with Crippen molar-refractivity contribution in [3.8, 4) is 5.75 Å². The van der Waals surface area contributed by atoms with Gasteiger partial charge in [-0.1, -0.05) is 11.6 Å². The number of benzene rings is 2. The van der Waals surface area contributed by atoms with Crippen molar-refractivity contribution in [2.45, 2.75) is 6.42 Å². The molecule has 0 fully saturated rings. The number of imidazole rings is 1. The minimum absolute atomic E-state index is 0.0611. The van der Waals surface area contributed by atoms with Gasteiger partial charge in [0.15, 0.2) is 0 Å². The highest BCUT2D eigenvalue weighted by molar-refractivity contribution is 6.31. The summed E-state index contributed by atoms with van der Waals surface area (Å²) >= 11 is 5.99. The van der Waals surface area contributed by atoms with E-state index in [1.165, 1.54) is 0 Å². The molecule has 0 radical (unpaired) electrons. The third kappa shape index (κ3) is 4.74. The number of hydrogen-bond donors (Lipinski definition) is 2. The van der Waals surface area contributed by atoms with Crippen LogP contribution in [0.5, 0.6) is 5.75 Å². The molecule has 3 rings (SSSR count). The van der Waals surface area contributed by atoms with Crippen LogP contribution >= 0.6 is 11.6 Å². The zero-order valence-electron chi connectivity index (χ0n) is 14.8. The van der Waals surface area contributed by atoms with Gasteiger partial charge in [-0.3, -0.25) is 9.69 Å². The smallest absolute Gasteiger partial charge is 0.238 e. The van der Waals surface area contributed by atoms with E-state index in [0.29, 0.717) is 18.1 Å². The van der Waals surface area contributed by atoms with Gasteiger partial charge in [0.2, 0.25) is 5.91 Å². The number of nitrogens with one attached hydrogen (secondary N) is 2. The topological polar surface area (TPSA) is 70.2 Å². The molecule has 6 nitrogen and oxygen atoms in total. The maximum absolute atomic E-state index is 12.1. The predicted molar refractivity (Wildman–Crippen MR) is 104 cm³/mol. The molecule has 136 valence electrons. The third-order valence-electron chi connectivity index (χ3n) is 4.01. The van der Waals surface area contributed by atoms with Crippen molar-refractivity contribution in [3.05, 3.63) is 53.3 Å². The van der Waals surface area contributed by atoms with Gasteiger partial charge in [-0.2, -0.15) is 0 Å². The highest BCUT2D eigenvalue weighted by atomic mass is 35.5. The van der Waals surface area contributed by atoms with Gasteiger partial charge < -0.3 is 15.0 Å². The molecule has 0 aliphatic carbocycles. The van der Waals surface area contributed by atoms with Gasteiger partial charge in [0.05, 0.1) is 24.7 Å². The van der Waals surface area contributed by atoms with Crippen molar-refractivity contribution in [2.75, 3.05) is 32.6 Å². The predicted octanol–water partition coefficient (Wildman–Crippen LogP) is 3.34. The first kappa shape index (κ1) is 18.2. The van der Waals surface area contributed by atoms with Gasteiger partial charge >= 0.3 is 0 Å². The number of ether oxygens (including phenoxy) is 1. The molecule has 1 heterocycles. The van der Waals surface area contributed by atoms with Gasteiger partial charge in [0, 0.05) is 23.7 Å². The molecule has 0 aliphatic rings. The summed E-state index contributed by atoms with van der Waals surface area (Å²) in [4.78, 5) is 21.9. The van der Waals surface area contributed by atoms with Crippen LogP contribution in [0.1, 0.15) is 5.82 Å². The van der Waals surface area contributed by atoms with E-state index in [0.717, 1.165) is 34.7 Å². The maximum atomic E-state index is 12.1. The summed E-state index contributed by atoms with van der Waals surface area (Å²) in [6.45, 7) is 1.02. The normalized spacial score (nSPS) is 11.1. The minimum Gasteiger partial charge on any atom is -0.497 e. The Labute approximate surface area is 157 Å². The number of fused-ring (bicyclic) bond motifs is 1. The average molecular weight is 373 g/mol. The number of aromatic amines is 1. The number of amides is 1. The van der Waals surface area contributed by atoms with Gasteiger partial charge in [-0.25, -0.2) is 4.98 Å². The summed E-state index contributed by atoms with van der Waals surface area (Å²) in [6, 6.07) is 12.8. The lowest BCUT2D eigenvalue weighted by Crippen LogP contribution is -2.31. The second-order valence-corrected chi connectivity index (χ2v) is 6.55. The number of halogens is 1. The zero-order chi connectivity index (χ0) is 18.5. The summed E-state index contributed by atoms with van der Waals surface area (Å²) in [5, 5.41) is 3.56. The molecule has 0 saturated heterocycles. The number of H-pyrrole nitrogens is 1. The Kier molecular flexibility index (Phi) is 5.75. The molecule has 0 saturated carbocycles. The van der Waals surface area contributed by atoms with Crippen LogP contribution in [0.15, 0.2) is 42.5 Å². The van der Waals surface area contributed by atoms with Gasteiger partial charge in [-0.15, -0.1) is 0 Å². The largest absolute Gasteiger partial charge is 0.497 e. The molecule has 0 atom stereocenters. The number of nitrogens with zero attached hydrogens (tertiary/aromatic N) is 2. The number of carbonyl (C=O) groups is 1. The van der Waals surface area contributed by atoms with Crippen molar-refractivity contribution in [3.63, 3.8) is 0 Å². The van der Waals surface area contributed by atoms with Crippen molar-refractivity contribution < 1.29 is 9.53 Å². The number of rotatable bonds is 7. The number of carbonyl (C=O) groups excluding carboxylic acids is 1. The molecular weight excluding hydrogens is 352 g/mol. The molecule has 0 aliphatic heterocycles. The Morgan fingerprint density at radius 1 is 1.27 bits per heavy atom. The van der Waals surface area contributed by atoms with E-state index in [4.69, 9.17) is 16.3 Å². The van der Waals surface area contributed by atoms with E-state index in [1.54, 1.807) is 7.11 Å². The van der Waals surface area contributed by atoms with Crippen LogP contribution in [0.25, 0.3) is 11.0 Å². The summed E-state index contributed by atoms with van der Waals surface area (Å²) in [6.07, 6.45) is 0.721. The number of aromatic nitrogens is 2. The number of anilines is 1. The summed E-state index contributed by atoms with van der Waals surface area (Å²) in [5.74, 6) is 1.57. The number of methoxy groups -OCH3 is 1. The van der Waals surface area contributed by atoms with Crippen molar-refractivity contribution in [1.82, 2.24) is 14.9 Å². The van der Waals surface area contributed by atoms with E-state index >= 15 is 0 Å². The minimum atomic E-state index is -0.0611. The summed E-state index contributed by atoms with van der Waals surface area (Å²) in [7, 11) is 3.52. The van der Waals surface area contributed by atoms with Crippen molar-refractivity contribution in [1.29, 1.82) is 0 Å². The third-order valence-corrected chi connectivity index (χ3v) is 4.25. The standard InChI is InChI=1S/C19H21ClN4O2/c1-24(12-19(25)21-14-4-6-15(26-2)7-5-14)10-9-18-22-16-8-3-13(20)11-17(16)23-18/h3-8,11H,9-10,12H2,1-2H3,(H,21,25)(H,22,23). The Bertz CT molecular complexity index is 892. The molecule has 1 aromatic heterocycles. The Morgan fingerprint density at radius 3 is 2.77 bits per heavy atom. The van der Waals surface area contributed by atoms with Gasteiger partial charge in [0.1, 0.15) is 11.6 Å². The molecule has 7 heteroatoms. The fraction of sp³-hybridized carbons (Fsp3) is 0.263. The molecule has 0 unspecified atom stereocenters. The molecular formula is C19H21ClN4O2. The molecule has 3 aromatic rings. The van der Waals surface area contributed by atoms with Gasteiger partial charge in [0.25, 0.3) is 0 Å². The number of likely N-dealkylation sites (N-methyl/N-ethyl adjacent to an activating group) is 1. The van der Waals surface area contributed by atoms with E-state index in [-0.39, 0.29) is 5.91 Å². The Balaban J connectivity index is 1.49. The molecule has 0 bridgehead atoms. The first-order chi connectivity index (χ1) is 12.5. The Hall–Kier alpha value is -2.57. The van der Waals surface area contributed by atoms with Crippen LogP contribution in [0.2, 0.25) is 5.02 Å². The molecule has 2 N–H and O–H groups in total. The lowest BCUT2D eigenvalue weighted by Gasteiger charge is -2.15. The molecule has 2 aromatic carbocycles. The van der Waals surface area contributed by atoms with Crippen LogP contribution in [-0.4, -0.2) is 48.0 Å². The van der Waals surface area contributed by atoms with Crippen LogP contribution in [0.3, 0.4) is 0 Å². The van der Waals surface area contributed by atoms with Crippen LogP contribution in [-0.2, 0) is 11.2 Å². The summed E-state index contributed by atoms with van der Waals surface area (Å²) < 4.78 is 5.10. The molecule has 1 amide bonds. The second-order valence-electron chi connectivity index (χ2n) is 6.11. The van der Waals surface area contributed by atoms with E-state index in [2.05, 4.69) is 15.3 Å². The highest BCUT2D eigenvalue weighted by Crippen LogP contribution is 2.17. The Morgan fingerprint density at radius 2 is 2.04 bits per heavy atom. The molecule has 0 spiro atoms. The van der Waals surface area contributed by atoms with Crippen molar-refractivity contribution >= 4 is 34.2 Å². The SMILES string of the molecule is COc1ccc(NC(=O)CN(C)CCc2nc3ccc(Cl)cc3[nH]2)cc1. The monoisotopic (exact) mass is 372 g/mol. The molecule has 26 heavy (non-hydrogen) atoms. The number of hydrogen-bond acceptors (Lipinski definition) is 4. The highest BCUT2D eigenvalue weighted by Gasteiger charge is 2.09. The van der Waals surface area contributed by atoms with Crippen LogP contribution < -0.4 is 10.1 Å².